The number of carbonyl (C=O) groups is 2. The third-order valence-electron chi connectivity index (χ3n) is 5.33. The van der Waals surface area contributed by atoms with Crippen LogP contribution in [-0.2, 0) is 39.9 Å². The van der Waals surface area contributed by atoms with E-state index in [-0.39, 0.29) is 17.8 Å². The molecule has 7 nitrogen and oxygen atoms in total. The highest BCUT2D eigenvalue weighted by molar-refractivity contribution is 5.81. The molecule has 5 atom stereocenters. The number of hydrogen-bond acceptors (Lipinski definition) is 7. The van der Waals surface area contributed by atoms with Gasteiger partial charge in [0.05, 0.1) is 25.4 Å². The van der Waals surface area contributed by atoms with Gasteiger partial charge in [-0.25, -0.2) is 4.79 Å². The van der Waals surface area contributed by atoms with Crippen molar-refractivity contribution >= 4 is 11.8 Å². The Bertz CT molecular complexity index is 773. The van der Waals surface area contributed by atoms with E-state index < -0.39 is 30.3 Å². The van der Waals surface area contributed by atoms with Gasteiger partial charge in [-0.2, -0.15) is 0 Å². The summed E-state index contributed by atoms with van der Waals surface area (Å²) in [7, 11) is 0. The second-order valence-corrected chi connectivity index (χ2v) is 8.36. The third-order valence-corrected chi connectivity index (χ3v) is 5.33. The van der Waals surface area contributed by atoms with E-state index in [9.17, 15) is 9.59 Å². The summed E-state index contributed by atoms with van der Waals surface area (Å²) < 4.78 is 29.4. The first-order valence-electron chi connectivity index (χ1n) is 10.8. The first-order valence-corrected chi connectivity index (χ1v) is 10.8. The van der Waals surface area contributed by atoms with Gasteiger partial charge in [-0.3, -0.25) is 0 Å². The lowest BCUT2D eigenvalue weighted by Gasteiger charge is -2.30. The molecule has 0 aromatic heterocycles. The summed E-state index contributed by atoms with van der Waals surface area (Å²) in [6, 6.07) is 9.82. The van der Waals surface area contributed by atoms with E-state index in [2.05, 4.69) is 0 Å². The minimum absolute atomic E-state index is 0.0523. The molecular formula is C24H32O7. The standard InChI is InChI=1S/C24H32O7/c1-5-27-20(26)13-9-12-19(28-15-17-10-7-6-8-11-17)21-18(14-16(2)25)22-23(29-21)31-24(3,4)30-22/h6-11,13,18-19,21-23H,5,12,14-15H2,1-4H3/b13-9+/t18-,19-,21+,22-,23-/m1/s1. The van der Waals surface area contributed by atoms with Crippen LogP contribution in [0.1, 0.15) is 46.1 Å². The summed E-state index contributed by atoms with van der Waals surface area (Å²) in [6.45, 7) is 7.69. The zero-order valence-electron chi connectivity index (χ0n) is 18.6. The fourth-order valence-electron chi connectivity index (χ4n) is 4.09. The molecule has 0 radical (unpaired) electrons. The Morgan fingerprint density at radius 1 is 1.19 bits per heavy atom. The summed E-state index contributed by atoms with van der Waals surface area (Å²) in [6.07, 6.45) is 2.14. The van der Waals surface area contributed by atoms with Crippen LogP contribution in [0.3, 0.4) is 0 Å². The van der Waals surface area contributed by atoms with Crippen LogP contribution in [0, 0.1) is 5.92 Å². The van der Waals surface area contributed by atoms with Gasteiger partial charge in [0.2, 0.25) is 0 Å². The van der Waals surface area contributed by atoms with Crippen molar-refractivity contribution in [1.29, 1.82) is 0 Å². The monoisotopic (exact) mass is 432 g/mol. The number of Topliss-reactive ketones (excluding diaryl/α,β-unsaturated/α-hetero) is 1. The topological polar surface area (TPSA) is 80.3 Å². The normalized spacial score (nSPS) is 27.9. The van der Waals surface area contributed by atoms with E-state index in [1.165, 1.54) is 6.08 Å². The Hall–Kier alpha value is -2.06. The van der Waals surface area contributed by atoms with Crippen LogP contribution in [0.4, 0.5) is 0 Å². The van der Waals surface area contributed by atoms with Crippen LogP contribution in [0.25, 0.3) is 0 Å². The summed E-state index contributed by atoms with van der Waals surface area (Å²) in [4.78, 5) is 23.7. The van der Waals surface area contributed by atoms with Gasteiger partial charge in [-0.05, 0) is 39.7 Å². The minimum Gasteiger partial charge on any atom is -0.463 e. The summed E-state index contributed by atoms with van der Waals surface area (Å²) in [5.41, 5.74) is 1.02. The number of esters is 1. The molecule has 170 valence electrons. The molecule has 3 rings (SSSR count). The molecule has 31 heavy (non-hydrogen) atoms. The number of ether oxygens (including phenoxy) is 5. The molecule has 0 aliphatic carbocycles. The third kappa shape index (κ3) is 6.46. The number of benzene rings is 1. The fourth-order valence-corrected chi connectivity index (χ4v) is 4.09. The summed E-state index contributed by atoms with van der Waals surface area (Å²) >= 11 is 0. The predicted octanol–water partition coefficient (Wildman–Crippen LogP) is 3.55. The van der Waals surface area contributed by atoms with E-state index >= 15 is 0 Å². The van der Waals surface area contributed by atoms with Crippen molar-refractivity contribution < 1.29 is 33.3 Å². The second kappa shape index (κ2) is 10.5. The molecule has 2 aliphatic rings. The van der Waals surface area contributed by atoms with Crippen molar-refractivity contribution in [1.82, 2.24) is 0 Å². The molecule has 7 heteroatoms. The Morgan fingerprint density at radius 2 is 1.94 bits per heavy atom. The van der Waals surface area contributed by atoms with Crippen molar-refractivity contribution in [2.75, 3.05) is 6.61 Å². The van der Waals surface area contributed by atoms with Gasteiger partial charge in [0.25, 0.3) is 0 Å². The molecule has 1 aromatic carbocycles. The lowest BCUT2D eigenvalue weighted by Crippen LogP contribution is -2.39. The molecular weight excluding hydrogens is 400 g/mol. The molecule has 0 spiro atoms. The van der Waals surface area contributed by atoms with Crippen molar-refractivity contribution in [3.63, 3.8) is 0 Å². The first-order chi connectivity index (χ1) is 14.8. The first kappa shape index (κ1) is 23.6. The van der Waals surface area contributed by atoms with Crippen LogP contribution >= 0.6 is 0 Å². The van der Waals surface area contributed by atoms with Crippen molar-refractivity contribution in [2.45, 2.75) is 77.5 Å². The van der Waals surface area contributed by atoms with Gasteiger partial charge in [0.15, 0.2) is 12.1 Å². The maximum Gasteiger partial charge on any atom is 0.330 e. The summed E-state index contributed by atoms with van der Waals surface area (Å²) in [5, 5.41) is 0. The maximum atomic E-state index is 12.0. The van der Waals surface area contributed by atoms with Crippen LogP contribution < -0.4 is 0 Å². The zero-order chi connectivity index (χ0) is 22.4. The van der Waals surface area contributed by atoms with Crippen LogP contribution in [-0.4, -0.2) is 48.7 Å². The lowest BCUT2D eigenvalue weighted by molar-refractivity contribution is -0.224. The van der Waals surface area contributed by atoms with Crippen LogP contribution in [0.2, 0.25) is 0 Å². The molecule has 0 bridgehead atoms. The molecule has 1 aromatic rings. The SMILES string of the molecule is CCOC(=O)/C=C/C[C@@H](OCc1ccccc1)[C@H]1O[C@@H]2OC(C)(C)O[C@@H]2[C@@H]1CC(C)=O. The minimum atomic E-state index is -0.764. The number of fused-ring (bicyclic) bond motifs is 1. The number of hydrogen-bond donors (Lipinski definition) is 0. The van der Waals surface area contributed by atoms with Gasteiger partial charge in [0.1, 0.15) is 11.9 Å². The highest BCUT2D eigenvalue weighted by Gasteiger charge is 2.56. The van der Waals surface area contributed by atoms with E-state index in [0.29, 0.717) is 26.1 Å². The van der Waals surface area contributed by atoms with Crippen molar-refractivity contribution in [3.8, 4) is 0 Å². The molecule has 0 unspecified atom stereocenters. The Kier molecular flexibility index (Phi) is 8.00. The zero-order valence-corrected chi connectivity index (χ0v) is 18.6. The van der Waals surface area contributed by atoms with Gasteiger partial charge in [-0.1, -0.05) is 36.4 Å². The van der Waals surface area contributed by atoms with Crippen LogP contribution in [0.5, 0.6) is 0 Å². The average molecular weight is 433 g/mol. The van der Waals surface area contributed by atoms with Crippen molar-refractivity contribution in [3.05, 3.63) is 48.0 Å². The molecule has 0 N–H and O–H groups in total. The number of carbonyl (C=O) groups excluding carboxylic acids is 2. The van der Waals surface area contributed by atoms with Gasteiger partial charge in [0, 0.05) is 18.4 Å². The maximum absolute atomic E-state index is 12.0. The fraction of sp³-hybridized carbons (Fsp3) is 0.583. The lowest BCUT2D eigenvalue weighted by atomic mass is 9.88. The smallest absolute Gasteiger partial charge is 0.330 e. The molecule has 0 saturated carbocycles. The average Bonchev–Trinajstić information content (AvgIpc) is 3.17. The number of ketones is 1. The second-order valence-electron chi connectivity index (χ2n) is 8.36. The van der Waals surface area contributed by atoms with E-state index in [0.717, 1.165) is 5.56 Å². The van der Waals surface area contributed by atoms with Crippen molar-refractivity contribution in [2.24, 2.45) is 5.92 Å². The van der Waals surface area contributed by atoms with Gasteiger partial charge < -0.3 is 28.5 Å². The quantitative estimate of drug-likeness (QED) is 0.413. The van der Waals surface area contributed by atoms with E-state index in [4.69, 9.17) is 23.7 Å². The summed E-state index contributed by atoms with van der Waals surface area (Å²) in [5.74, 6) is -1.32. The Labute approximate surface area is 183 Å². The van der Waals surface area contributed by atoms with E-state index in [1.54, 1.807) is 19.9 Å². The molecule has 2 fully saturated rings. The largest absolute Gasteiger partial charge is 0.463 e. The van der Waals surface area contributed by atoms with Gasteiger partial charge in [-0.15, -0.1) is 0 Å². The highest BCUT2D eigenvalue weighted by Crippen LogP contribution is 2.44. The molecule has 2 heterocycles. The van der Waals surface area contributed by atoms with Gasteiger partial charge >= 0.3 is 5.97 Å². The predicted molar refractivity (Wildman–Crippen MR) is 113 cm³/mol. The molecule has 0 amide bonds. The Balaban J connectivity index is 1.76. The number of rotatable bonds is 10. The molecule has 2 saturated heterocycles. The highest BCUT2D eigenvalue weighted by atomic mass is 16.8. The Morgan fingerprint density at radius 3 is 2.61 bits per heavy atom. The molecule has 2 aliphatic heterocycles. The van der Waals surface area contributed by atoms with Crippen LogP contribution in [0.15, 0.2) is 42.5 Å². The van der Waals surface area contributed by atoms with E-state index in [1.807, 2.05) is 44.2 Å².